The summed E-state index contributed by atoms with van der Waals surface area (Å²) in [4.78, 5) is 12.0. The first kappa shape index (κ1) is 19.0. The van der Waals surface area contributed by atoms with Crippen LogP contribution in [-0.4, -0.2) is 40.6 Å². The van der Waals surface area contributed by atoms with Crippen LogP contribution in [0.15, 0.2) is 23.1 Å². The summed E-state index contributed by atoms with van der Waals surface area (Å²) in [6, 6.07) is 4.50. The number of carbonyl (C=O) groups excluding carboxylic acids is 1. The number of ether oxygens (including phenoxy) is 2. The standard InChI is InChI=1S/C18H26N2O5S/c21-18(19-13-14-4-2-1-3-5-14)8-9-20-26(22,23)15-6-7-16-17(12-15)25-11-10-24-16/h6-7,12,14,20H,1-5,8-11,13H2,(H,19,21). The molecule has 8 heteroatoms. The predicted octanol–water partition coefficient (Wildman–Crippen LogP) is 1.82. The summed E-state index contributed by atoms with van der Waals surface area (Å²) in [6.07, 6.45) is 6.20. The molecule has 1 saturated carbocycles. The predicted molar refractivity (Wildman–Crippen MR) is 96.8 cm³/mol. The van der Waals surface area contributed by atoms with Crippen molar-refractivity contribution < 1.29 is 22.7 Å². The molecule has 0 saturated heterocycles. The molecule has 1 aromatic carbocycles. The number of fused-ring (bicyclic) bond motifs is 1. The van der Waals surface area contributed by atoms with E-state index >= 15 is 0 Å². The molecular weight excluding hydrogens is 356 g/mol. The lowest BCUT2D eigenvalue weighted by molar-refractivity contribution is -0.121. The normalized spacial score (nSPS) is 17.7. The van der Waals surface area contributed by atoms with E-state index in [1.54, 1.807) is 6.07 Å². The summed E-state index contributed by atoms with van der Waals surface area (Å²) in [5, 5.41) is 2.91. The van der Waals surface area contributed by atoms with E-state index in [-0.39, 0.29) is 23.8 Å². The minimum absolute atomic E-state index is 0.0628. The van der Waals surface area contributed by atoms with E-state index < -0.39 is 10.0 Å². The van der Waals surface area contributed by atoms with Crippen LogP contribution >= 0.6 is 0 Å². The summed E-state index contributed by atoms with van der Waals surface area (Å²) in [6.45, 7) is 1.60. The maximum absolute atomic E-state index is 12.4. The van der Waals surface area contributed by atoms with Gasteiger partial charge in [-0.05, 0) is 30.9 Å². The summed E-state index contributed by atoms with van der Waals surface area (Å²) in [5.74, 6) is 1.39. The second-order valence-corrected chi connectivity index (χ2v) is 8.53. The fourth-order valence-electron chi connectivity index (χ4n) is 3.31. The minimum Gasteiger partial charge on any atom is -0.486 e. The quantitative estimate of drug-likeness (QED) is 0.750. The van der Waals surface area contributed by atoms with Crippen molar-refractivity contribution in [3.8, 4) is 11.5 Å². The van der Waals surface area contributed by atoms with Gasteiger partial charge in [0.15, 0.2) is 11.5 Å². The summed E-state index contributed by atoms with van der Waals surface area (Å²) >= 11 is 0. The van der Waals surface area contributed by atoms with Gasteiger partial charge in [-0.1, -0.05) is 19.3 Å². The molecule has 0 spiro atoms. The maximum atomic E-state index is 12.4. The van der Waals surface area contributed by atoms with Crippen LogP contribution in [0.1, 0.15) is 38.5 Å². The lowest BCUT2D eigenvalue weighted by Crippen LogP contribution is -2.33. The third kappa shape index (κ3) is 5.11. The van der Waals surface area contributed by atoms with Gasteiger partial charge in [0.1, 0.15) is 13.2 Å². The van der Waals surface area contributed by atoms with Crippen molar-refractivity contribution in [2.75, 3.05) is 26.3 Å². The molecule has 26 heavy (non-hydrogen) atoms. The molecule has 1 aromatic rings. The summed E-state index contributed by atoms with van der Waals surface area (Å²) < 4.78 is 38.0. The zero-order valence-corrected chi connectivity index (χ0v) is 15.6. The fourth-order valence-corrected chi connectivity index (χ4v) is 4.36. The first-order chi connectivity index (χ1) is 12.5. The number of hydrogen-bond donors (Lipinski definition) is 2. The zero-order chi connectivity index (χ0) is 18.4. The average molecular weight is 382 g/mol. The van der Waals surface area contributed by atoms with Crippen LogP contribution in [0.3, 0.4) is 0 Å². The third-order valence-electron chi connectivity index (χ3n) is 4.78. The van der Waals surface area contributed by atoms with Crippen LogP contribution < -0.4 is 19.5 Å². The van der Waals surface area contributed by atoms with Gasteiger partial charge < -0.3 is 14.8 Å². The average Bonchev–Trinajstić information content (AvgIpc) is 2.66. The zero-order valence-electron chi connectivity index (χ0n) is 14.8. The number of benzene rings is 1. The fraction of sp³-hybridized carbons (Fsp3) is 0.611. The Morgan fingerprint density at radius 3 is 2.58 bits per heavy atom. The molecule has 1 amide bonds. The molecule has 144 valence electrons. The molecule has 0 unspecified atom stereocenters. The Hall–Kier alpha value is -1.80. The van der Waals surface area contributed by atoms with E-state index in [1.807, 2.05) is 0 Å². The highest BCUT2D eigenvalue weighted by atomic mass is 32.2. The van der Waals surface area contributed by atoms with Gasteiger partial charge in [0.2, 0.25) is 15.9 Å². The first-order valence-corrected chi connectivity index (χ1v) is 10.7. The maximum Gasteiger partial charge on any atom is 0.240 e. The monoisotopic (exact) mass is 382 g/mol. The van der Waals surface area contributed by atoms with Crippen LogP contribution in [0.2, 0.25) is 0 Å². The van der Waals surface area contributed by atoms with Gasteiger partial charge in [-0.25, -0.2) is 13.1 Å². The van der Waals surface area contributed by atoms with Crippen molar-refractivity contribution in [2.45, 2.75) is 43.4 Å². The number of hydrogen-bond acceptors (Lipinski definition) is 5. The Labute approximate surface area is 154 Å². The Bertz CT molecular complexity index is 729. The number of sulfonamides is 1. The van der Waals surface area contributed by atoms with Gasteiger partial charge in [-0.2, -0.15) is 0 Å². The van der Waals surface area contributed by atoms with E-state index in [0.29, 0.717) is 37.2 Å². The molecule has 7 nitrogen and oxygen atoms in total. The summed E-state index contributed by atoms with van der Waals surface area (Å²) in [5.41, 5.74) is 0. The highest BCUT2D eigenvalue weighted by molar-refractivity contribution is 7.89. The molecule has 1 heterocycles. The van der Waals surface area contributed by atoms with Crippen molar-refractivity contribution >= 4 is 15.9 Å². The smallest absolute Gasteiger partial charge is 0.240 e. The van der Waals surface area contributed by atoms with Crippen molar-refractivity contribution in [1.82, 2.24) is 10.0 Å². The van der Waals surface area contributed by atoms with Crippen molar-refractivity contribution in [1.29, 1.82) is 0 Å². The second-order valence-electron chi connectivity index (χ2n) is 6.76. The minimum atomic E-state index is -3.69. The molecule has 0 aromatic heterocycles. The van der Waals surface area contributed by atoms with E-state index in [1.165, 1.54) is 31.4 Å². The highest BCUT2D eigenvalue weighted by Crippen LogP contribution is 2.32. The van der Waals surface area contributed by atoms with Crippen LogP contribution in [0.5, 0.6) is 11.5 Å². The van der Waals surface area contributed by atoms with Crippen LogP contribution in [-0.2, 0) is 14.8 Å². The lowest BCUT2D eigenvalue weighted by atomic mass is 9.89. The molecule has 1 fully saturated rings. The Morgan fingerprint density at radius 1 is 1.08 bits per heavy atom. The van der Waals surface area contributed by atoms with Crippen molar-refractivity contribution in [3.05, 3.63) is 18.2 Å². The molecule has 0 radical (unpaired) electrons. The van der Waals surface area contributed by atoms with Crippen LogP contribution in [0.25, 0.3) is 0 Å². The van der Waals surface area contributed by atoms with Gasteiger partial charge in [0.05, 0.1) is 4.90 Å². The SMILES string of the molecule is O=C(CCNS(=O)(=O)c1ccc2c(c1)OCCO2)NCC1CCCCC1. The molecule has 2 aliphatic rings. The number of rotatable bonds is 7. The molecule has 0 atom stereocenters. The molecule has 2 N–H and O–H groups in total. The number of carbonyl (C=O) groups is 1. The second kappa shape index (κ2) is 8.73. The van der Waals surface area contributed by atoms with Gasteiger partial charge >= 0.3 is 0 Å². The van der Waals surface area contributed by atoms with Gasteiger partial charge in [-0.15, -0.1) is 0 Å². The van der Waals surface area contributed by atoms with E-state index in [9.17, 15) is 13.2 Å². The third-order valence-corrected chi connectivity index (χ3v) is 6.24. The number of nitrogens with one attached hydrogen (secondary N) is 2. The highest BCUT2D eigenvalue weighted by Gasteiger charge is 2.19. The Balaban J connectivity index is 1.45. The molecule has 3 rings (SSSR count). The lowest BCUT2D eigenvalue weighted by Gasteiger charge is -2.21. The summed E-state index contributed by atoms with van der Waals surface area (Å²) in [7, 11) is -3.69. The number of amides is 1. The Kier molecular flexibility index (Phi) is 6.37. The van der Waals surface area contributed by atoms with Gasteiger partial charge in [0, 0.05) is 25.6 Å². The first-order valence-electron chi connectivity index (χ1n) is 9.20. The van der Waals surface area contributed by atoms with Crippen LogP contribution in [0, 0.1) is 5.92 Å². The molecule has 1 aliphatic heterocycles. The molecular formula is C18H26N2O5S. The Morgan fingerprint density at radius 2 is 1.81 bits per heavy atom. The van der Waals surface area contributed by atoms with Crippen LogP contribution in [0.4, 0.5) is 0 Å². The topological polar surface area (TPSA) is 93.7 Å². The molecule has 0 bridgehead atoms. The van der Waals surface area contributed by atoms with E-state index in [4.69, 9.17) is 9.47 Å². The largest absolute Gasteiger partial charge is 0.486 e. The van der Waals surface area contributed by atoms with Gasteiger partial charge in [-0.3, -0.25) is 4.79 Å². The van der Waals surface area contributed by atoms with Crippen molar-refractivity contribution in [2.24, 2.45) is 5.92 Å². The molecule has 1 aliphatic carbocycles. The van der Waals surface area contributed by atoms with Gasteiger partial charge in [0.25, 0.3) is 0 Å². The van der Waals surface area contributed by atoms with E-state index in [0.717, 1.165) is 12.8 Å². The van der Waals surface area contributed by atoms with E-state index in [2.05, 4.69) is 10.0 Å². The van der Waals surface area contributed by atoms with Crippen molar-refractivity contribution in [3.63, 3.8) is 0 Å².